The molecule has 0 radical (unpaired) electrons. The minimum absolute atomic E-state index is 0.00868. The number of rotatable bonds is 2. The average molecular weight is 769 g/mol. The highest BCUT2D eigenvalue weighted by Gasteiger charge is 2.44. The zero-order valence-electron chi connectivity index (χ0n) is 34.7. The summed E-state index contributed by atoms with van der Waals surface area (Å²) in [5.74, 6) is 0. The Morgan fingerprint density at radius 3 is 1.80 bits per heavy atom. The van der Waals surface area contributed by atoms with Crippen molar-refractivity contribution < 1.29 is 4.42 Å². The van der Waals surface area contributed by atoms with E-state index in [0.717, 1.165) is 11.2 Å². The Kier molecular flexibility index (Phi) is 5.90. The second-order valence-electron chi connectivity index (χ2n) is 19.7. The Morgan fingerprint density at radius 1 is 0.467 bits per heavy atom. The molecule has 0 bridgehead atoms. The lowest BCUT2D eigenvalue weighted by atomic mass is 9.45. The van der Waals surface area contributed by atoms with Gasteiger partial charge in [-0.2, -0.15) is 0 Å². The summed E-state index contributed by atoms with van der Waals surface area (Å²) in [4.78, 5) is 0. The van der Waals surface area contributed by atoms with E-state index in [1.54, 1.807) is 0 Å². The fourth-order valence-corrected chi connectivity index (χ4v) is 11.5. The molecule has 60 heavy (non-hydrogen) atoms. The second kappa shape index (κ2) is 10.7. The van der Waals surface area contributed by atoms with Gasteiger partial charge in [-0.3, -0.25) is 0 Å². The Hall–Kier alpha value is -6.78. The van der Waals surface area contributed by atoms with Crippen LogP contribution in [0.3, 0.4) is 0 Å². The molecule has 14 rings (SSSR count). The Bertz CT molecular complexity index is 3890. The fraction of sp³-hybridized carbons (Fsp3) is 0.143. The van der Waals surface area contributed by atoms with Crippen molar-refractivity contribution >= 4 is 99.6 Å². The van der Waals surface area contributed by atoms with Gasteiger partial charge in [0, 0.05) is 65.3 Å². The molecule has 0 fully saturated rings. The van der Waals surface area contributed by atoms with Gasteiger partial charge in [0.2, 0.25) is 0 Å². The van der Waals surface area contributed by atoms with E-state index < -0.39 is 0 Å². The number of nitrogens with zero attached hydrogens (tertiary/aromatic N) is 2. The smallest absolute Gasteiger partial charge is 0.333 e. The molecule has 8 aromatic carbocycles. The molecule has 4 heteroatoms. The summed E-state index contributed by atoms with van der Waals surface area (Å²) in [6.07, 6.45) is 0. The fourth-order valence-electron chi connectivity index (χ4n) is 11.5. The summed E-state index contributed by atoms with van der Waals surface area (Å²) in [5.41, 5.74) is 21.2. The molecule has 4 aromatic heterocycles. The first-order chi connectivity index (χ1) is 29.0. The molecule has 6 heterocycles. The van der Waals surface area contributed by atoms with E-state index in [9.17, 15) is 0 Å². The number of furan rings is 1. The van der Waals surface area contributed by atoms with E-state index in [4.69, 9.17) is 4.42 Å². The van der Waals surface area contributed by atoms with Gasteiger partial charge in [0.25, 0.3) is 0 Å². The SMILES string of the molecule is CC(C)(C)c1ccc2c(c1)c1cc(C(C)(C)C)cc3c1n2B1c2cc(-c4ccccc4)cc4c5cc(-c6ccccc6)cc6c7c8c(oc9ccccc98)c-3c1c7n(c24)c56. The van der Waals surface area contributed by atoms with Crippen molar-refractivity contribution in [2.45, 2.75) is 52.4 Å². The van der Waals surface area contributed by atoms with E-state index in [0.29, 0.717) is 0 Å². The molecule has 0 saturated carbocycles. The van der Waals surface area contributed by atoms with E-state index in [2.05, 4.69) is 190 Å². The minimum Gasteiger partial charge on any atom is -0.455 e. The van der Waals surface area contributed by atoms with E-state index >= 15 is 0 Å². The summed E-state index contributed by atoms with van der Waals surface area (Å²) in [7, 11) is 0. The molecule has 0 spiro atoms. The maximum atomic E-state index is 7.29. The lowest BCUT2D eigenvalue weighted by molar-refractivity contribution is 0.590. The lowest BCUT2D eigenvalue weighted by Crippen LogP contribution is -2.54. The zero-order chi connectivity index (χ0) is 40.1. The van der Waals surface area contributed by atoms with Crippen LogP contribution < -0.4 is 10.9 Å². The second-order valence-corrected chi connectivity index (χ2v) is 19.7. The zero-order valence-corrected chi connectivity index (χ0v) is 34.7. The number of hydrogen-bond acceptors (Lipinski definition) is 1. The molecule has 0 atom stereocenters. The molecule has 2 aliphatic heterocycles. The number of benzene rings is 8. The van der Waals surface area contributed by atoms with Crippen molar-refractivity contribution in [2.75, 3.05) is 0 Å². The predicted octanol–water partition coefficient (Wildman–Crippen LogP) is 13.7. The van der Waals surface area contributed by atoms with Crippen LogP contribution in [0.4, 0.5) is 0 Å². The van der Waals surface area contributed by atoms with Crippen LogP contribution >= 0.6 is 0 Å². The number of hydrogen-bond donors (Lipinski definition) is 0. The molecule has 0 saturated heterocycles. The molecule has 3 nitrogen and oxygen atoms in total. The van der Waals surface area contributed by atoms with Gasteiger partial charge in [-0.05, 0) is 104 Å². The Labute approximate surface area is 347 Å². The van der Waals surface area contributed by atoms with E-state index in [1.165, 1.54) is 126 Å². The third kappa shape index (κ3) is 3.93. The third-order valence-electron chi connectivity index (χ3n) is 14.3. The highest BCUT2D eigenvalue weighted by molar-refractivity contribution is 6.91. The van der Waals surface area contributed by atoms with Crippen molar-refractivity contribution in [2.24, 2.45) is 0 Å². The molecule has 2 aliphatic rings. The van der Waals surface area contributed by atoms with E-state index in [1.807, 2.05) is 0 Å². The third-order valence-corrected chi connectivity index (χ3v) is 14.3. The standard InChI is InChI=1S/C56H41BN2O/c1-55(2,3)34-21-22-44-37(27-34)40-28-35(56(4,5)6)29-42-48-49-53-46(47-36-19-13-14-20-45(36)60-54(47)48)41-25-32(30-15-9-7-10-16-30)23-38-39-24-33(31-17-11-8-12-18-31)26-43(52(39)58(53)50(38)41)57(49)59(44)51(40)42/h7-29H,1-6H3. The monoisotopic (exact) mass is 768 g/mol. The summed E-state index contributed by atoms with van der Waals surface area (Å²) < 4.78 is 12.7. The van der Waals surface area contributed by atoms with Crippen LogP contribution in [-0.2, 0) is 10.8 Å². The number of para-hydroxylation sites is 1. The molecule has 12 aromatic rings. The minimum atomic E-state index is -0.0783. The van der Waals surface area contributed by atoms with Crippen LogP contribution in [0.25, 0.3) is 115 Å². The Balaban J connectivity index is 1.29. The average Bonchev–Trinajstić information content (AvgIpc) is 3.99. The van der Waals surface area contributed by atoms with Gasteiger partial charge in [0.15, 0.2) is 0 Å². The molecule has 0 unspecified atom stereocenters. The first-order valence-electron chi connectivity index (χ1n) is 21.5. The molecule has 0 N–H and O–H groups in total. The molecular weight excluding hydrogens is 727 g/mol. The maximum Gasteiger partial charge on any atom is 0.333 e. The van der Waals surface area contributed by atoms with Crippen LogP contribution in [-0.4, -0.2) is 15.7 Å². The number of fused-ring (bicyclic) bond motifs is 13. The quantitative estimate of drug-likeness (QED) is 0.161. The van der Waals surface area contributed by atoms with Crippen LogP contribution in [0.5, 0.6) is 0 Å². The van der Waals surface area contributed by atoms with Crippen LogP contribution in [0.15, 0.2) is 144 Å². The van der Waals surface area contributed by atoms with Crippen molar-refractivity contribution in [3.8, 4) is 33.4 Å². The Morgan fingerprint density at radius 2 is 1.08 bits per heavy atom. The first kappa shape index (κ1) is 33.1. The first-order valence-corrected chi connectivity index (χ1v) is 21.5. The van der Waals surface area contributed by atoms with Gasteiger partial charge < -0.3 is 13.3 Å². The van der Waals surface area contributed by atoms with Crippen molar-refractivity contribution in [3.05, 3.63) is 151 Å². The topological polar surface area (TPSA) is 22.5 Å². The summed E-state index contributed by atoms with van der Waals surface area (Å²) in [6.45, 7) is 14.0. The van der Waals surface area contributed by atoms with Crippen LogP contribution in [0, 0.1) is 0 Å². The van der Waals surface area contributed by atoms with Gasteiger partial charge in [-0.1, -0.05) is 133 Å². The van der Waals surface area contributed by atoms with Crippen LogP contribution in [0.1, 0.15) is 52.7 Å². The largest absolute Gasteiger partial charge is 0.455 e. The van der Waals surface area contributed by atoms with Gasteiger partial charge in [-0.15, -0.1) is 0 Å². The van der Waals surface area contributed by atoms with Crippen molar-refractivity contribution in [3.63, 3.8) is 0 Å². The van der Waals surface area contributed by atoms with Gasteiger partial charge in [-0.25, -0.2) is 0 Å². The van der Waals surface area contributed by atoms with Gasteiger partial charge in [0.1, 0.15) is 11.2 Å². The molecular formula is C56H41BN2O. The van der Waals surface area contributed by atoms with E-state index in [-0.39, 0.29) is 17.7 Å². The predicted molar refractivity (Wildman–Crippen MR) is 256 cm³/mol. The normalized spacial score (nSPS) is 13.8. The highest BCUT2D eigenvalue weighted by Crippen LogP contribution is 2.53. The summed E-state index contributed by atoms with van der Waals surface area (Å²) >= 11 is 0. The van der Waals surface area contributed by atoms with Crippen LogP contribution in [0.2, 0.25) is 0 Å². The highest BCUT2D eigenvalue weighted by atomic mass is 16.3. The summed E-state index contributed by atoms with van der Waals surface area (Å²) in [5, 5.41) is 10.2. The van der Waals surface area contributed by atoms with Crippen molar-refractivity contribution in [1.82, 2.24) is 8.88 Å². The summed E-state index contributed by atoms with van der Waals surface area (Å²) in [6, 6.07) is 52.9. The molecule has 0 amide bonds. The molecule has 0 aliphatic carbocycles. The van der Waals surface area contributed by atoms with Crippen molar-refractivity contribution in [1.29, 1.82) is 0 Å². The van der Waals surface area contributed by atoms with Gasteiger partial charge >= 0.3 is 6.85 Å². The van der Waals surface area contributed by atoms with Gasteiger partial charge in [0.05, 0.1) is 16.6 Å². The maximum absolute atomic E-state index is 7.29. The lowest BCUT2D eigenvalue weighted by Gasteiger charge is -2.32. The number of aromatic nitrogens is 2. The molecule has 284 valence electrons.